The van der Waals surface area contributed by atoms with Crippen molar-refractivity contribution in [1.29, 1.82) is 0 Å². The number of methoxy groups -OCH3 is 2. The zero-order valence-corrected chi connectivity index (χ0v) is 16.1. The monoisotopic (exact) mass is 371 g/mol. The number of nitrogens with zero attached hydrogens (tertiary/aromatic N) is 1. The Kier molecular flexibility index (Phi) is 5.42. The Labute approximate surface area is 156 Å². The number of carbonyl (C=O) groups excluding carboxylic acids is 1. The Bertz CT molecular complexity index is 934. The Morgan fingerprint density at radius 2 is 1.73 bits per heavy atom. The Morgan fingerprint density at radius 1 is 1.08 bits per heavy atom. The van der Waals surface area contributed by atoms with Crippen molar-refractivity contribution in [2.75, 3.05) is 20.8 Å². The third-order valence-corrected chi connectivity index (χ3v) is 5.22. The van der Waals surface area contributed by atoms with Crippen LogP contribution in [-0.4, -0.2) is 31.4 Å². The summed E-state index contributed by atoms with van der Waals surface area (Å²) in [4.78, 5) is 14.5. The van der Waals surface area contributed by atoms with E-state index in [9.17, 15) is 4.79 Å². The van der Waals surface area contributed by atoms with Crippen molar-refractivity contribution in [3.8, 4) is 11.5 Å². The molecule has 2 aromatic carbocycles. The summed E-state index contributed by atoms with van der Waals surface area (Å²) in [5.74, 6) is 0.894. The zero-order valence-electron chi connectivity index (χ0n) is 15.2. The van der Waals surface area contributed by atoms with Crippen LogP contribution in [0.4, 0.5) is 0 Å². The highest BCUT2D eigenvalue weighted by Crippen LogP contribution is 2.42. The third-order valence-electron chi connectivity index (χ3n) is 4.09. The summed E-state index contributed by atoms with van der Waals surface area (Å²) in [6.07, 6.45) is 0. The minimum Gasteiger partial charge on any atom is -0.493 e. The molecule has 0 saturated heterocycles. The van der Waals surface area contributed by atoms with Crippen molar-refractivity contribution < 1.29 is 19.0 Å². The molecule has 0 fully saturated rings. The molecule has 0 aliphatic rings. The summed E-state index contributed by atoms with van der Waals surface area (Å²) >= 11 is 1.53. The Hall–Kier alpha value is -2.60. The fraction of sp³-hybridized carbons (Fsp3) is 0.250. The fourth-order valence-electron chi connectivity index (χ4n) is 2.87. The normalized spacial score (nSPS) is 10.8. The van der Waals surface area contributed by atoms with Gasteiger partial charge in [0, 0.05) is 23.4 Å². The number of fused-ring (bicyclic) bond motifs is 1. The molecule has 3 rings (SSSR count). The van der Waals surface area contributed by atoms with E-state index in [0.29, 0.717) is 23.8 Å². The van der Waals surface area contributed by atoms with Gasteiger partial charge in [-0.15, -0.1) is 0 Å². The van der Waals surface area contributed by atoms with Gasteiger partial charge < -0.3 is 18.8 Å². The lowest BCUT2D eigenvalue weighted by Gasteiger charge is -2.08. The number of ether oxygens (including phenoxy) is 3. The van der Waals surface area contributed by atoms with Gasteiger partial charge in [0.25, 0.3) is 0 Å². The highest BCUT2D eigenvalue weighted by molar-refractivity contribution is 7.99. The van der Waals surface area contributed by atoms with Gasteiger partial charge >= 0.3 is 5.97 Å². The number of aryl methyl sites for hydroxylation is 1. The fourth-order valence-corrected chi connectivity index (χ4v) is 3.99. The molecule has 6 heteroatoms. The van der Waals surface area contributed by atoms with Gasteiger partial charge in [0.15, 0.2) is 11.5 Å². The largest absolute Gasteiger partial charge is 0.493 e. The first-order valence-corrected chi connectivity index (χ1v) is 9.06. The second-order valence-corrected chi connectivity index (χ2v) is 6.68. The summed E-state index contributed by atoms with van der Waals surface area (Å²) in [5, 5.41) is 0.919. The van der Waals surface area contributed by atoms with Crippen molar-refractivity contribution in [2.24, 2.45) is 7.05 Å². The van der Waals surface area contributed by atoms with Gasteiger partial charge in [-0.3, -0.25) is 0 Å². The van der Waals surface area contributed by atoms with Crippen molar-refractivity contribution in [3.05, 3.63) is 48.2 Å². The number of hydrogen-bond acceptors (Lipinski definition) is 5. The van der Waals surface area contributed by atoms with E-state index >= 15 is 0 Å². The van der Waals surface area contributed by atoms with Crippen LogP contribution >= 0.6 is 11.8 Å². The molecular weight excluding hydrogens is 350 g/mol. The van der Waals surface area contributed by atoms with E-state index in [4.69, 9.17) is 14.2 Å². The minimum atomic E-state index is -0.345. The summed E-state index contributed by atoms with van der Waals surface area (Å²) < 4.78 is 18.0. The lowest BCUT2D eigenvalue weighted by Crippen LogP contribution is -2.10. The Morgan fingerprint density at radius 3 is 2.35 bits per heavy atom. The number of carbonyl (C=O) groups is 1. The second kappa shape index (κ2) is 7.74. The molecule has 0 spiro atoms. The molecule has 1 aromatic heterocycles. The molecule has 0 amide bonds. The van der Waals surface area contributed by atoms with Crippen molar-refractivity contribution >= 4 is 28.6 Å². The van der Waals surface area contributed by atoms with E-state index < -0.39 is 0 Å². The first-order valence-electron chi connectivity index (χ1n) is 8.25. The van der Waals surface area contributed by atoms with E-state index in [1.54, 1.807) is 21.1 Å². The molecule has 0 bridgehead atoms. The molecule has 1 heterocycles. The molecule has 5 nitrogen and oxygen atoms in total. The number of esters is 1. The maximum Gasteiger partial charge on any atom is 0.356 e. The van der Waals surface area contributed by atoms with E-state index in [0.717, 1.165) is 20.7 Å². The van der Waals surface area contributed by atoms with Crippen LogP contribution in [0.1, 0.15) is 17.4 Å². The van der Waals surface area contributed by atoms with Crippen LogP contribution in [0.5, 0.6) is 11.5 Å². The molecule has 0 aliphatic carbocycles. The average molecular weight is 371 g/mol. The van der Waals surface area contributed by atoms with Crippen molar-refractivity contribution in [1.82, 2.24) is 4.57 Å². The van der Waals surface area contributed by atoms with E-state index in [-0.39, 0.29) is 5.97 Å². The molecule has 0 radical (unpaired) electrons. The topological polar surface area (TPSA) is 49.7 Å². The smallest absolute Gasteiger partial charge is 0.356 e. The summed E-state index contributed by atoms with van der Waals surface area (Å²) in [6, 6.07) is 13.7. The van der Waals surface area contributed by atoms with Crippen molar-refractivity contribution in [3.63, 3.8) is 0 Å². The van der Waals surface area contributed by atoms with Crippen LogP contribution < -0.4 is 9.47 Å². The lowest BCUT2D eigenvalue weighted by atomic mass is 10.2. The third kappa shape index (κ3) is 3.24. The number of hydrogen-bond donors (Lipinski definition) is 0. The van der Waals surface area contributed by atoms with Gasteiger partial charge in [0.05, 0.1) is 31.2 Å². The van der Waals surface area contributed by atoms with E-state index in [2.05, 4.69) is 0 Å². The standard InChI is InChI=1S/C20H21NO4S/c1-5-25-20(22)18-19(26-13-9-7-6-8-10-13)14-11-16(23-3)17(24-4)12-15(14)21(18)2/h6-12H,5H2,1-4H3. The predicted molar refractivity (Wildman–Crippen MR) is 103 cm³/mol. The molecule has 0 aliphatic heterocycles. The van der Waals surface area contributed by atoms with Gasteiger partial charge in [0.1, 0.15) is 5.69 Å². The van der Waals surface area contributed by atoms with Crippen LogP contribution in [0, 0.1) is 0 Å². The summed E-state index contributed by atoms with van der Waals surface area (Å²) in [6.45, 7) is 2.12. The first-order chi connectivity index (χ1) is 12.6. The molecule has 136 valence electrons. The second-order valence-electron chi connectivity index (χ2n) is 5.60. The molecule has 0 unspecified atom stereocenters. The number of benzene rings is 2. The molecule has 0 N–H and O–H groups in total. The van der Waals surface area contributed by atoms with Crippen molar-refractivity contribution in [2.45, 2.75) is 16.7 Å². The van der Waals surface area contributed by atoms with Gasteiger partial charge in [-0.05, 0) is 25.1 Å². The van der Waals surface area contributed by atoms with Crippen LogP contribution in [0.15, 0.2) is 52.3 Å². The average Bonchev–Trinajstić information content (AvgIpc) is 2.92. The zero-order chi connectivity index (χ0) is 18.7. The number of rotatable bonds is 6. The lowest BCUT2D eigenvalue weighted by molar-refractivity contribution is 0.0511. The highest BCUT2D eigenvalue weighted by atomic mass is 32.2. The molecule has 26 heavy (non-hydrogen) atoms. The predicted octanol–water partition coefficient (Wildman–Crippen LogP) is 4.52. The van der Waals surface area contributed by atoms with Crippen LogP contribution in [0.25, 0.3) is 10.9 Å². The molecule has 0 atom stereocenters. The van der Waals surface area contributed by atoms with Gasteiger partial charge in [0.2, 0.25) is 0 Å². The number of aromatic nitrogens is 1. The quantitative estimate of drug-likeness (QED) is 0.596. The van der Waals surface area contributed by atoms with E-state index in [1.807, 2.05) is 54.1 Å². The van der Waals surface area contributed by atoms with Gasteiger partial charge in [-0.25, -0.2) is 4.79 Å². The molecule has 3 aromatic rings. The van der Waals surface area contributed by atoms with Gasteiger partial charge in [-0.1, -0.05) is 30.0 Å². The first kappa shape index (κ1) is 18.2. The van der Waals surface area contributed by atoms with E-state index in [1.165, 1.54) is 11.8 Å². The Balaban J connectivity index is 2.26. The highest BCUT2D eigenvalue weighted by Gasteiger charge is 2.24. The molecular formula is C20H21NO4S. The maximum atomic E-state index is 12.6. The maximum absolute atomic E-state index is 12.6. The minimum absolute atomic E-state index is 0.322. The molecule has 0 saturated carbocycles. The summed E-state index contributed by atoms with van der Waals surface area (Å²) in [5.41, 5.74) is 1.40. The summed E-state index contributed by atoms with van der Waals surface area (Å²) in [7, 11) is 5.05. The van der Waals surface area contributed by atoms with Crippen LogP contribution in [0.3, 0.4) is 0 Å². The van der Waals surface area contributed by atoms with Gasteiger partial charge in [-0.2, -0.15) is 0 Å². The SMILES string of the molecule is CCOC(=O)c1c(Sc2ccccc2)c2cc(OC)c(OC)cc2n1C. The van der Waals surface area contributed by atoms with Crippen LogP contribution in [0.2, 0.25) is 0 Å². The van der Waals surface area contributed by atoms with Crippen LogP contribution in [-0.2, 0) is 11.8 Å².